The van der Waals surface area contributed by atoms with Gasteiger partial charge in [-0.2, -0.15) is 0 Å². The van der Waals surface area contributed by atoms with Crippen molar-refractivity contribution in [2.45, 2.75) is 71.4 Å². The van der Waals surface area contributed by atoms with E-state index in [0.717, 1.165) is 62.9 Å². The zero-order valence-corrected chi connectivity index (χ0v) is 17.4. The van der Waals surface area contributed by atoms with Crippen LogP contribution in [0.5, 0.6) is 0 Å². The largest absolute Gasteiger partial charge is 0.349 e. The molecule has 3 heterocycles. The van der Waals surface area contributed by atoms with E-state index in [-0.39, 0.29) is 17.9 Å². The summed E-state index contributed by atoms with van der Waals surface area (Å²) in [6.07, 6.45) is 6.85. The van der Waals surface area contributed by atoms with Gasteiger partial charge in [-0.05, 0) is 50.7 Å². The number of carbonyl (C=O) groups is 2. The van der Waals surface area contributed by atoms with Gasteiger partial charge < -0.3 is 14.8 Å². The number of aromatic nitrogens is 2. The van der Waals surface area contributed by atoms with Crippen molar-refractivity contribution in [3.8, 4) is 0 Å². The Hall–Kier alpha value is -2.63. The monoisotopic (exact) mass is 394 g/mol. The van der Waals surface area contributed by atoms with E-state index in [4.69, 9.17) is 0 Å². The Bertz CT molecular complexity index is 918. The van der Waals surface area contributed by atoms with E-state index in [1.165, 1.54) is 5.56 Å². The van der Waals surface area contributed by atoms with Crippen molar-refractivity contribution in [2.75, 3.05) is 11.4 Å². The zero-order valence-electron chi connectivity index (χ0n) is 17.4. The van der Waals surface area contributed by atoms with Crippen molar-refractivity contribution in [1.29, 1.82) is 0 Å². The first kappa shape index (κ1) is 19.7. The molecule has 0 radical (unpaired) electrons. The number of hydrogen-bond acceptors (Lipinski definition) is 3. The van der Waals surface area contributed by atoms with Gasteiger partial charge in [0.25, 0.3) is 11.8 Å². The molecule has 0 aliphatic carbocycles. The maximum Gasteiger partial charge on any atom is 0.287 e. The summed E-state index contributed by atoms with van der Waals surface area (Å²) < 4.78 is 1.97. The molecule has 0 fully saturated rings. The van der Waals surface area contributed by atoms with Gasteiger partial charge in [0, 0.05) is 24.8 Å². The summed E-state index contributed by atoms with van der Waals surface area (Å²) >= 11 is 0. The highest BCUT2D eigenvalue weighted by atomic mass is 16.2. The van der Waals surface area contributed by atoms with Crippen molar-refractivity contribution >= 4 is 17.5 Å². The third-order valence-electron chi connectivity index (χ3n) is 6.02. The highest BCUT2D eigenvalue weighted by Gasteiger charge is 2.36. The van der Waals surface area contributed by atoms with Crippen LogP contribution in [0, 0.1) is 0 Å². The number of unbranched alkanes of at least 4 members (excludes halogenated alkanes) is 2. The van der Waals surface area contributed by atoms with Crippen molar-refractivity contribution in [3.05, 3.63) is 47.0 Å². The van der Waals surface area contributed by atoms with E-state index in [2.05, 4.69) is 30.2 Å². The Morgan fingerprint density at radius 1 is 1.21 bits per heavy atom. The quantitative estimate of drug-likeness (QED) is 0.759. The van der Waals surface area contributed by atoms with Crippen molar-refractivity contribution in [2.24, 2.45) is 0 Å². The van der Waals surface area contributed by atoms with Crippen LogP contribution in [-0.2, 0) is 19.4 Å². The lowest BCUT2D eigenvalue weighted by Gasteiger charge is -2.23. The average molecular weight is 395 g/mol. The number of amides is 2. The third-order valence-corrected chi connectivity index (χ3v) is 6.02. The molecule has 2 aliphatic rings. The van der Waals surface area contributed by atoms with Gasteiger partial charge in [-0.15, -0.1) is 0 Å². The van der Waals surface area contributed by atoms with Crippen LogP contribution in [0.3, 0.4) is 0 Å². The lowest BCUT2D eigenvalue weighted by molar-refractivity contribution is 0.0937. The Kier molecular flexibility index (Phi) is 5.69. The molecule has 0 spiro atoms. The summed E-state index contributed by atoms with van der Waals surface area (Å²) in [6.45, 7) is 5.61. The van der Waals surface area contributed by atoms with Crippen LogP contribution in [0.15, 0.2) is 24.3 Å². The topological polar surface area (TPSA) is 67.2 Å². The van der Waals surface area contributed by atoms with Gasteiger partial charge in [-0.25, -0.2) is 4.98 Å². The van der Waals surface area contributed by atoms with Crippen molar-refractivity contribution in [3.63, 3.8) is 0 Å². The van der Waals surface area contributed by atoms with Crippen molar-refractivity contribution < 1.29 is 9.59 Å². The molecule has 1 atom stereocenters. The molecule has 6 nitrogen and oxygen atoms in total. The van der Waals surface area contributed by atoms with Gasteiger partial charge in [0.1, 0.15) is 0 Å². The van der Waals surface area contributed by atoms with E-state index in [9.17, 15) is 9.59 Å². The minimum absolute atomic E-state index is 0.0851. The number of nitrogens with one attached hydrogen (secondary N) is 1. The summed E-state index contributed by atoms with van der Waals surface area (Å²) in [5.41, 5.74) is 3.52. The molecular formula is C23H30N4O2. The first-order chi connectivity index (χ1) is 14.1. The molecular weight excluding hydrogens is 364 g/mol. The lowest BCUT2D eigenvalue weighted by Crippen LogP contribution is -2.36. The molecule has 2 aromatic rings. The smallest absolute Gasteiger partial charge is 0.287 e. The van der Waals surface area contributed by atoms with Gasteiger partial charge in [-0.3, -0.25) is 9.59 Å². The number of rotatable bonds is 6. The first-order valence-corrected chi connectivity index (χ1v) is 10.9. The summed E-state index contributed by atoms with van der Waals surface area (Å²) in [6, 6.07) is 8.15. The number of fused-ring (bicyclic) bond motifs is 2. The Morgan fingerprint density at radius 3 is 2.86 bits per heavy atom. The molecule has 4 rings (SSSR count). The average Bonchev–Trinajstić information content (AvgIpc) is 3.28. The van der Waals surface area contributed by atoms with E-state index in [0.29, 0.717) is 18.1 Å². The summed E-state index contributed by atoms with van der Waals surface area (Å²) in [5, 5.41) is 2.98. The Balaban J connectivity index is 1.63. The summed E-state index contributed by atoms with van der Waals surface area (Å²) in [5.74, 6) is 0.135. The molecule has 0 saturated heterocycles. The van der Waals surface area contributed by atoms with Crippen molar-refractivity contribution in [1.82, 2.24) is 14.9 Å². The number of anilines is 1. The number of para-hydroxylation sites is 1. The number of hydrogen-bond donors (Lipinski definition) is 1. The molecule has 0 bridgehead atoms. The molecule has 6 heteroatoms. The molecule has 2 aliphatic heterocycles. The van der Waals surface area contributed by atoms with E-state index in [1.54, 1.807) is 0 Å². The molecule has 1 aromatic carbocycles. The van der Waals surface area contributed by atoms with Crippen LogP contribution in [0.4, 0.5) is 5.69 Å². The van der Waals surface area contributed by atoms with Crippen LogP contribution in [0.25, 0.3) is 0 Å². The predicted octanol–water partition coefficient (Wildman–Crippen LogP) is 3.73. The minimum Gasteiger partial charge on any atom is -0.349 e. The lowest BCUT2D eigenvalue weighted by atomic mass is 10.1. The number of imidazole rings is 1. The van der Waals surface area contributed by atoms with E-state index >= 15 is 0 Å². The highest BCUT2D eigenvalue weighted by molar-refractivity contribution is 6.08. The second kappa shape index (κ2) is 8.39. The number of carbonyl (C=O) groups excluding carboxylic acids is 2. The maximum atomic E-state index is 13.5. The molecule has 154 valence electrons. The fourth-order valence-corrected chi connectivity index (χ4v) is 4.53. The van der Waals surface area contributed by atoms with Gasteiger partial charge in [-0.1, -0.05) is 38.0 Å². The fourth-order valence-electron chi connectivity index (χ4n) is 4.53. The molecule has 0 saturated carbocycles. The zero-order chi connectivity index (χ0) is 20.4. The summed E-state index contributed by atoms with van der Waals surface area (Å²) in [4.78, 5) is 32.8. The van der Waals surface area contributed by atoms with Crippen LogP contribution < -0.4 is 10.2 Å². The maximum absolute atomic E-state index is 13.5. The second-order valence-electron chi connectivity index (χ2n) is 8.16. The highest BCUT2D eigenvalue weighted by Crippen LogP contribution is 2.34. The minimum atomic E-state index is -0.168. The Morgan fingerprint density at radius 2 is 2.03 bits per heavy atom. The first-order valence-electron chi connectivity index (χ1n) is 10.9. The van der Waals surface area contributed by atoms with Gasteiger partial charge >= 0.3 is 0 Å². The van der Waals surface area contributed by atoms with Crippen LogP contribution in [-0.4, -0.2) is 34.0 Å². The van der Waals surface area contributed by atoms with E-state index in [1.807, 2.05) is 27.7 Å². The van der Waals surface area contributed by atoms with E-state index < -0.39 is 0 Å². The summed E-state index contributed by atoms with van der Waals surface area (Å²) in [7, 11) is 0. The number of benzene rings is 1. The second-order valence-corrected chi connectivity index (χ2v) is 8.16. The molecule has 29 heavy (non-hydrogen) atoms. The van der Waals surface area contributed by atoms with Crippen LogP contribution >= 0.6 is 0 Å². The number of nitrogens with zero attached hydrogens (tertiary/aromatic N) is 3. The van der Waals surface area contributed by atoms with Crippen LogP contribution in [0.1, 0.15) is 78.3 Å². The molecule has 1 N–H and O–H groups in total. The van der Waals surface area contributed by atoms with Gasteiger partial charge in [0.2, 0.25) is 0 Å². The molecule has 2 amide bonds. The van der Waals surface area contributed by atoms with Gasteiger partial charge in [0.05, 0.1) is 5.69 Å². The normalized spacial score (nSPS) is 17.7. The Labute approximate surface area is 172 Å². The SMILES string of the molecule is CCCCCNC(=O)c1nc(C(=O)N2c3ccccc3CC2C)c2n1CCCC2. The molecule has 1 unspecified atom stereocenters. The fraction of sp³-hybridized carbons (Fsp3) is 0.522. The third kappa shape index (κ3) is 3.68. The van der Waals surface area contributed by atoms with Gasteiger partial charge in [0.15, 0.2) is 11.5 Å². The predicted molar refractivity (Wildman–Crippen MR) is 113 cm³/mol. The molecule has 1 aromatic heterocycles. The van der Waals surface area contributed by atoms with Crippen LogP contribution in [0.2, 0.25) is 0 Å². The standard InChI is InChI=1S/C23H30N4O2/c1-3-4-8-13-24-22(28)21-25-20(19-12-7-9-14-26(19)21)23(29)27-16(2)15-17-10-5-6-11-18(17)27/h5-6,10-11,16H,3-4,7-9,12-15H2,1-2H3,(H,24,28).